The molecule has 0 aliphatic rings. The Hall–Kier alpha value is -1.16. The molecule has 0 spiro atoms. The minimum atomic E-state index is -0.878. The predicted octanol–water partition coefficient (Wildman–Crippen LogP) is 3.34. The number of amides is 1. The molecule has 1 aromatic rings. The molecule has 0 radical (unpaired) electrons. The maximum atomic E-state index is 10.6. The second-order valence-corrected chi connectivity index (χ2v) is 5.91. The quantitative estimate of drug-likeness (QED) is 0.818. The average Bonchev–Trinajstić information content (AvgIpc) is 2.26. The van der Waals surface area contributed by atoms with Gasteiger partial charge < -0.3 is 10.0 Å². The minimum absolute atomic E-state index is 0.534. The van der Waals surface area contributed by atoms with E-state index < -0.39 is 6.09 Å². The number of benzene rings is 1. The van der Waals surface area contributed by atoms with E-state index in [1.54, 1.807) is 7.05 Å². The fourth-order valence-corrected chi connectivity index (χ4v) is 2.24. The van der Waals surface area contributed by atoms with E-state index in [4.69, 9.17) is 5.11 Å². The molecule has 0 aliphatic carbocycles. The van der Waals surface area contributed by atoms with Crippen LogP contribution in [0, 0.1) is 0 Å². The smallest absolute Gasteiger partial charge is 0.407 e. The van der Waals surface area contributed by atoms with E-state index in [1.165, 1.54) is 15.4 Å². The number of likely N-dealkylation sites (N-methyl/N-ethyl adjacent to an activating group) is 1. The summed E-state index contributed by atoms with van der Waals surface area (Å²) in [5.41, 5.74) is 1.17. The lowest BCUT2D eigenvalue weighted by molar-refractivity contribution is 0.156. The highest BCUT2D eigenvalue weighted by Gasteiger charge is 2.05. The third-order valence-electron chi connectivity index (χ3n) is 2.36. The SMILES string of the molecule is CC(C)Sc1ccc(CCN(C)C(=O)O)cc1. The molecule has 94 valence electrons. The lowest BCUT2D eigenvalue weighted by Crippen LogP contribution is -2.26. The molecule has 0 aromatic heterocycles. The van der Waals surface area contributed by atoms with E-state index in [9.17, 15) is 4.79 Å². The molecule has 0 saturated carbocycles. The van der Waals surface area contributed by atoms with Gasteiger partial charge in [0.1, 0.15) is 0 Å². The normalized spacial score (nSPS) is 10.6. The number of hydrogen-bond acceptors (Lipinski definition) is 2. The van der Waals surface area contributed by atoms with E-state index in [0.717, 1.165) is 6.42 Å². The van der Waals surface area contributed by atoms with Crippen molar-refractivity contribution < 1.29 is 9.90 Å². The number of rotatable bonds is 5. The molecule has 1 amide bonds. The van der Waals surface area contributed by atoms with Crippen LogP contribution >= 0.6 is 11.8 Å². The molecule has 1 N–H and O–H groups in total. The Morgan fingerprint density at radius 1 is 1.35 bits per heavy atom. The van der Waals surface area contributed by atoms with Crippen molar-refractivity contribution in [3.05, 3.63) is 29.8 Å². The first-order chi connectivity index (χ1) is 7.99. The van der Waals surface area contributed by atoms with Crippen LogP contribution < -0.4 is 0 Å². The minimum Gasteiger partial charge on any atom is -0.465 e. The molecule has 0 atom stereocenters. The first-order valence-corrected chi connectivity index (χ1v) is 6.56. The Labute approximate surface area is 107 Å². The highest BCUT2D eigenvalue weighted by Crippen LogP contribution is 2.22. The van der Waals surface area contributed by atoms with Gasteiger partial charge in [0.25, 0.3) is 0 Å². The van der Waals surface area contributed by atoms with Gasteiger partial charge in [-0.05, 0) is 24.1 Å². The van der Waals surface area contributed by atoms with Crippen LogP contribution in [0.1, 0.15) is 19.4 Å². The van der Waals surface area contributed by atoms with Crippen LogP contribution in [0.15, 0.2) is 29.2 Å². The van der Waals surface area contributed by atoms with Crippen LogP contribution in [0.4, 0.5) is 4.79 Å². The van der Waals surface area contributed by atoms with Crippen molar-refractivity contribution in [1.29, 1.82) is 0 Å². The molecule has 0 aliphatic heterocycles. The van der Waals surface area contributed by atoms with E-state index in [2.05, 4.69) is 38.1 Å². The predicted molar refractivity (Wildman–Crippen MR) is 71.8 cm³/mol. The van der Waals surface area contributed by atoms with Crippen molar-refractivity contribution in [3.63, 3.8) is 0 Å². The summed E-state index contributed by atoms with van der Waals surface area (Å²) in [6.45, 7) is 4.87. The zero-order valence-electron chi connectivity index (χ0n) is 10.5. The van der Waals surface area contributed by atoms with E-state index in [1.807, 2.05) is 11.8 Å². The summed E-state index contributed by atoms with van der Waals surface area (Å²) in [7, 11) is 1.59. The van der Waals surface area contributed by atoms with Gasteiger partial charge in [-0.15, -0.1) is 11.8 Å². The van der Waals surface area contributed by atoms with Crippen molar-refractivity contribution in [2.24, 2.45) is 0 Å². The maximum absolute atomic E-state index is 10.6. The average molecular weight is 253 g/mol. The van der Waals surface area contributed by atoms with Gasteiger partial charge in [-0.1, -0.05) is 26.0 Å². The van der Waals surface area contributed by atoms with E-state index in [0.29, 0.717) is 11.8 Å². The molecule has 3 nitrogen and oxygen atoms in total. The van der Waals surface area contributed by atoms with Crippen LogP contribution in [-0.4, -0.2) is 34.9 Å². The second-order valence-electron chi connectivity index (χ2n) is 4.26. The van der Waals surface area contributed by atoms with Gasteiger partial charge in [-0.25, -0.2) is 4.79 Å². The van der Waals surface area contributed by atoms with Crippen LogP contribution in [0.2, 0.25) is 0 Å². The zero-order chi connectivity index (χ0) is 12.8. The molecular weight excluding hydrogens is 234 g/mol. The van der Waals surface area contributed by atoms with Crippen molar-refractivity contribution in [3.8, 4) is 0 Å². The van der Waals surface area contributed by atoms with E-state index in [-0.39, 0.29) is 0 Å². The Bertz CT molecular complexity index is 362. The fraction of sp³-hybridized carbons (Fsp3) is 0.462. The summed E-state index contributed by atoms with van der Waals surface area (Å²) in [6, 6.07) is 8.34. The van der Waals surface area contributed by atoms with E-state index >= 15 is 0 Å². The summed E-state index contributed by atoms with van der Waals surface area (Å²) in [5.74, 6) is 0. The Kier molecular flexibility index (Phi) is 5.35. The number of carbonyl (C=O) groups is 1. The van der Waals surface area contributed by atoms with Gasteiger partial charge in [-0.3, -0.25) is 0 Å². The first-order valence-electron chi connectivity index (χ1n) is 5.68. The van der Waals surface area contributed by atoms with Gasteiger partial charge in [0.05, 0.1) is 0 Å². The van der Waals surface area contributed by atoms with Gasteiger partial charge in [0.15, 0.2) is 0 Å². The highest BCUT2D eigenvalue weighted by molar-refractivity contribution is 7.99. The zero-order valence-corrected chi connectivity index (χ0v) is 11.3. The third kappa shape index (κ3) is 5.13. The number of nitrogens with zero attached hydrogens (tertiary/aromatic N) is 1. The monoisotopic (exact) mass is 253 g/mol. The largest absolute Gasteiger partial charge is 0.465 e. The second kappa shape index (κ2) is 6.55. The molecule has 0 fully saturated rings. The molecule has 0 bridgehead atoms. The van der Waals surface area contributed by atoms with Crippen LogP contribution in [0.25, 0.3) is 0 Å². The lowest BCUT2D eigenvalue weighted by Gasteiger charge is -2.12. The standard InChI is InChI=1S/C13H19NO2S/c1-10(2)17-12-6-4-11(5-7-12)8-9-14(3)13(15)16/h4-7,10H,8-9H2,1-3H3,(H,15,16). The molecule has 0 unspecified atom stereocenters. The van der Waals surface area contributed by atoms with Crippen molar-refractivity contribution in [2.45, 2.75) is 30.4 Å². The summed E-state index contributed by atoms with van der Waals surface area (Å²) < 4.78 is 0. The van der Waals surface area contributed by atoms with Crippen molar-refractivity contribution in [1.82, 2.24) is 4.90 Å². The molecule has 4 heteroatoms. The van der Waals surface area contributed by atoms with Crippen molar-refractivity contribution >= 4 is 17.9 Å². The third-order valence-corrected chi connectivity index (χ3v) is 3.37. The number of carboxylic acid groups (broad SMARTS) is 1. The Morgan fingerprint density at radius 3 is 2.41 bits per heavy atom. The Morgan fingerprint density at radius 2 is 1.94 bits per heavy atom. The molecule has 0 heterocycles. The highest BCUT2D eigenvalue weighted by atomic mass is 32.2. The summed E-state index contributed by atoms with van der Waals surface area (Å²) in [6.07, 6.45) is -0.118. The van der Waals surface area contributed by atoms with Crippen molar-refractivity contribution in [2.75, 3.05) is 13.6 Å². The molecule has 17 heavy (non-hydrogen) atoms. The first kappa shape index (κ1) is 13.9. The van der Waals surface area contributed by atoms with Crippen LogP contribution in [0.3, 0.4) is 0 Å². The number of hydrogen-bond donors (Lipinski definition) is 1. The summed E-state index contributed by atoms with van der Waals surface area (Å²) >= 11 is 1.83. The number of thioether (sulfide) groups is 1. The van der Waals surface area contributed by atoms with Gasteiger partial charge in [-0.2, -0.15) is 0 Å². The Balaban J connectivity index is 2.48. The fourth-order valence-electron chi connectivity index (χ4n) is 1.40. The summed E-state index contributed by atoms with van der Waals surface area (Å²) in [4.78, 5) is 13.2. The molecular formula is C13H19NO2S. The van der Waals surface area contributed by atoms with Crippen LogP contribution in [0.5, 0.6) is 0 Å². The van der Waals surface area contributed by atoms with Crippen LogP contribution in [-0.2, 0) is 6.42 Å². The molecule has 0 saturated heterocycles. The molecule has 1 rings (SSSR count). The molecule has 1 aromatic carbocycles. The topological polar surface area (TPSA) is 40.5 Å². The van der Waals surface area contributed by atoms with Gasteiger partial charge >= 0.3 is 6.09 Å². The lowest BCUT2D eigenvalue weighted by atomic mass is 10.1. The van der Waals surface area contributed by atoms with Gasteiger partial charge in [0.2, 0.25) is 0 Å². The summed E-state index contributed by atoms with van der Waals surface area (Å²) in [5, 5.41) is 9.31. The van der Waals surface area contributed by atoms with Gasteiger partial charge in [0, 0.05) is 23.7 Å². The maximum Gasteiger partial charge on any atom is 0.407 e.